The number of nitrogens with two attached hydrogens (primary N) is 1. The number of ether oxygens (including phenoxy) is 3. The first-order chi connectivity index (χ1) is 11.6. The molecule has 1 aromatic carbocycles. The third kappa shape index (κ3) is 2.48. The van der Waals surface area contributed by atoms with E-state index in [-0.39, 0.29) is 17.2 Å². The molecule has 3 rings (SSSR count). The maximum Gasteiger partial charge on any atom is 0.223 e. The maximum absolute atomic E-state index is 12.5. The van der Waals surface area contributed by atoms with Crippen LogP contribution in [0, 0.1) is 11.3 Å². The van der Waals surface area contributed by atoms with Crippen molar-refractivity contribution in [2.24, 2.45) is 5.73 Å². The monoisotopic (exact) mass is 326 g/mol. The molecular weight excluding hydrogens is 308 g/mol. The molecule has 2 N–H and O–H groups in total. The Labute approximate surface area is 140 Å². The van der Waals surface area contributed by atoms with E-state index < -0.39 is 5.92 Å². The molecule has 0 saturated heterocycles. The van der Waals surface area contributed by atoms with Crippen molar-refractivity contribution in [2.75, 3.05) is 14.2 Å². The molecule has 6 nitrogen and oxygen atoms in total. The average Bonchev–Trinajstić information content (AvgIpc) is 2.61. The first kappa shape index (κ1) is 15.9. The second kappa shape index (κ2) is 6.28. The molecule has 24 heavy (non-hydrogen) atoms. The number of hydrogen-bond acceptors (Lipinski definition) is 6. The van der Waals surface area contributed by atoms with E-state index in [0.717, 1.165) is 5.56 Å². The van der Waals surface area contributed by atoms with Crippen molar-refractivity contribution in [3.63, 3.8) is 0 Å². The Morgan fingerprint density at radius 3 is 2.75 bits per heavy atom. The van der Waals surface area contributed by atoms with Crippen molar-refractivity contribution in [1.82, 2.24) is 0 Å². The Bertz CT molecular complexity index is 802. The van der Waals surface area contributed by atoms with Gasteiger partial charge >= 0.3 is 0 Å². The molecule has 0 aromatic heterocycles. The summed E-state index contributed by atoms with van der Waals surface area (Å²) in [6.07, 6.45) is 1.78. The van der Waals surface area contributed by atoms with Crippen molar-refractivity contribution in [3.05, 3.63) is 46.6 Å². The van der Waals surface area contributed by atoms with Gasteiger partial charge in [-0.3, -0.25) is 4.79 Å². The fourth-order valence-electron chi connectivity index (χ4n) is 3.20. The fraction of sp³-hybridized carbons (Fsp3) is 0.333. The molecule has 6 heteroatoms. The Hall–Kier alpha value is -2.94. The summed E-state index contributed by atoms with van der Waals surface area (Å²) in [7, 11) is 3.11. The van der Waals surface area contributed by atoms with Crippen LogP contribution in [0.3, 0.4) is 0 Å². The SMILES string of the molecule is COc1ccc(C2C(N)=C(C#N)OC3=C2C(=O)CCC3)c(OC)c1. The molecule has 1 aliphatic carbocycles. The van der Waals surface area contributed by atoms with Gasteiger partial charge in [-0.2, -0.15) is 5.26 Å². The fourth-order valence-corrected chi connectivity index (χ4v) is 3.20. The number of Topliss-reactive ketones (excluding diaryl/α,β-unsaturated/α-hetero) is 1. The van der Waals surface area contributed by atoms with Crippen molar-refractivity contribution in [2.45, 2.75) is 25.2 Å². The molecule has 1 heterocycles. The highest BCUT2D eigenvalue weighted by molar-refractivity contribution is 5.99. The van der Waals surface area contributed by atoms with Crippen LogP contribution in [0.15, 0.2) is 41.0 Å². The van der Waals surface area contributed by atoms with E-state index >= 15 is 0 Å². The summed E-state index contributed by atoms with van der Waals surface area (Å²) >= 11 is 0. The molecule has 1 unspecified atom stereocenters. The highest BCUT2D eigenvalue weighted by Gasteiger charge is 2.38. The third-order valence-electron chi connectivity index (χ3n) is 4.35. The van der Waals surface area contributed by atoms with E-state index in [1.165, 1.54) is 0 Å². The summed E-state index contributed by atoms with van der Waals surface area (Å²) < 4.78 is 16.3. The number of nitriles is 1. The molecule has 1 aromatic rings. The first-order valence-corrected chi connectivity index (χ1v) is 7.66. The highest BCUT2D eigenvalue weighted by atomic mass is 16.5. The van der Waals surface area contributed by atoms with Crippen molar-refractivity contribution in [3.8, 4) is 17.6 Å². The number of ketones is 1. The zero-order valence-corrected chi connectivity index (χ0v) is 13.6. The number of carbonyl (C=O) groups excluding carboxylic acids is 1. The summed E-state index contributed by atoms with van der Waals surface area (Å²) in [5.41, 5.74) is 7.67. The number of methoxy groups -OCH3 is 2. The molecule has 1 aliphatic heterocycles. The minimum Gasteiger partial charge on any atom is -0.497 e. The number of rotatable bonds is 3. The molecule has 1 atom stereocenters. The standard InChI is InChI=1S/C18H18N2O4/c1-22-10-6-7-11(14(8-10)23-2)16-17-12(21)4-3-5-13(17)24-15(9-19)18(16)20/h6-8,16H,3-5,20H2,1-2H3. The van der Waals surface area contributed by atoms with Crippen LogP contribution in [0.1, 0.15) is 30.7 Å². The van der Waals surface area contributed by atoms with Gasteiger partial charge in [-0.25, -0.2) is 0 Å². The van der Waals surface area contributed by atoms with E-state index in [2.05, 4.69) is 0 Å². The molecule has 0 saturated carbocycles. The van der Waals surface area contributed by atoms with Crippen LogP contribution in [0.2, 0.25) is 0 Å². The van der Waals surface area contributed by atoms with Gasteiger partial charge in [0, 0.05) is 30.0 Å². The van der Waals surface area contributed by atoms with E-state index in [1.54, 1.807) is 26.4 Å². The molecule has 0 fully saturated rings. The van der Waals surface area contributed by atoms with Gasteiger partial charge in [0.25, 0.3) is 0 Å². The molecular formula is C18H18N2O4. The zero-order valence-electron chi connectivity index (χ0n) is 13.6. The van der Waals surface area contributed by atoms with E-state index in [0.29, 0.717) is 42.1 Å². The minimum atomic E-state index is -0.544. The maximum atomic E-state index is 12.5. The molecule has 0 spiro atoms. The van der Waals surface area contributed by atoms with Crippen molar-refractivity contribution < 1.29 is 19.0 Å². The number of benzene rings is 1. The number of hydrogen-bond donors (Lipinski definition) is 1. The minimum absolute atomic E-state index is 0.000870. The highest BCUT2D eigenvalue weighted by Crippen LogP contribution is 2.45. The van der Waals surface area contributed by atoms with Gasteiger partial charge in [-0.15, -0.1) is 0 Å². The third-order valence-corrected chi connectivity index (χ3v) is 4.35. The zero-order chi connectivity index (χ0) is 17.3. The molecule has 124 valence electrons. The molecule has 0 amide bonds. The van der Waals surface area contributed by atoms with Gasteiger partial charge in [-0.1, -0.05) is 6.07 Å². The van der Waals surface area contributed by atoms with Gasteiger partial charge in [-0.05, 0) is 12.5 Å². The topological polar surface area (TPSA) is 94.6 Å². The largest absolute Gasteiger partial charge is 0.497 e. The summed E-state index contributed by atoms with van der Waals surface area (Å²) in [4.78, 5) is 12.5. The van der Waals surface area contributed by atoms with Gasteiger partial charge in [0.1, 0.15) is 23.3 Å². The second-order valence-corrected chi connectivity index (χ2v) is 5.65. The van der Waals surface area contributed by atoms with Crippen LogP contribution in [0.25, 0.3) is 0 Å². The molecule has 2 aliphatic rings. The van der Waals surface area contributed by atoms with E-state index in [4.69, 9.17) is 19.9 Å². The Morgan fingerprint density at radius 2 is 2.08 bits per heavy atom. The quantitative estimate of drug-likeness (QED) is 0.917. The Morgan fingerprint density at radius 1 is 1.29 bits per heavy atom. The van der Waals surface area contributed by atoms with Crippen LogP contribution in [-0.2, 0) is 9.53 Å². The van der Waals surface area contributed by atoms with Crippen LogP contribution < -0.4 is 15.2 Å². The summed E-state index contributed by atoms with van der Waals surface area (Å²) in [5.74, 6) is 1.23. The molecule has 0 radical (unpaired) electrons. The first-order valence-electron chi connectivity index (χ1n) is 7.66. The van der Waals surface area contributed by atoms with E-state index in [9.17, 15) is 10.1 Å². The van der Waals surface area contributed by atoms with Gasteiger partial charge in [0.05, 0.1) is 25.8 Å². The van der Waals surface area contributed by atoms with Crippen LogP contribution in [-0.4, -0.2) is 20.0 Å². The second-order valence-electron chi connectivity index (χ2n) is 5.65. The van der Waals surface area contributed by atoms with Gasteiger partial charge in [0.2, 0.25) is 5.76 Å². The number of carbonyl (C=O) groups is 1. The predicted octanol–water partition coefficient (Wildman–Crippen LogP) is 2.52. The van der Waals surface area contributed by atoms with Crippen LogP contribution in [0.5, 0.6) is 11.5 Å². The Balaban J connectivity index is 2.20. The summed E-state index contributed by atoms with van der Waals surface area (Å²) in [6.45, 7) is 0. The van der Waals surface area contributed by atoms with Crippen molar-refractivity contribution in [1.29, 1.82) is 5.26 Å². The number of nitrogens with zero attached hydrogens (tertiary/aromatic N) is 1. The average molecular weight is 326 g/mol. The molecule has 0 bridgehead atoms. The Kier molecular flexibility index (Phi) is 4.17. The van der Waals surface area contributed by atoms with Crippen LogP contribution >= 0.6 is 0 Å². The van der Waals surface area contributed by atoms with Crippen molar-refractivity contribution >= 4 is 5.78 Å². The van der Waals surface area contributed by atoms with Gasteiger partial charge < -0.3 is 19.9 Å². The lowest BCUT2D eigenvalue weighted by molar-refractivity contribution is -0.116. The van der Waals surface area contributed by atoms with Crippen LogP contribution in [0.4, 0.5) is 0 Å². The lowest BCUT2D eigenvalue weighted by Gasteiger charge is -2.31. The lowest BCUT2D eigenvalue weighted by Crippen LogP contribution is -2.28. The smallest absolute Gasteiger partial charge is 0.223 e. The summed E-state index contributed by atoms with van der Waals surface area (Å²) in [6, 6.07) is 7.30. The van der Waals surface area contributed by atoms with Gasteiger partial charge in [0.15, 0.2) is 5.78 Å². The van der Waals surface area contributed by atoms with E-state index in [1.807, 2.05) is 12.1 Å². The number of allylic oxidation sites excluding steroid dienone is 3. The normalized spacial score (nSPS) is 20.2. The predicted molar refractivity (Wildman–Crippen MR) is 86.1 cm³/mol. The summed E-state index contributed by atoms with van der Waals surface area (Å²) in [5, 5.41) is 9.32. The lowest BCUT2D eigenvalue weighted by atomic mass is 9.79.